The molecule has 0 radical (unpaired) electrons. The molecule has 0 saturated carbocycles. The fourth-order valence-corrected chi connectivity index (χ4v) is 3.08. The van der Waals surface area contributed by atoms with Crippen molar-refractivity contribution < 1.29 is 0 Å². The third-order valence-corrected chi connectivity index (χ3v) is 4.12. The van der Waals surface area contributed by atoms with Crippen LogP contribution in [-0.4, -0.2) is 14.8 Å². The van der Waals surface area contributed by atoms with Gasteiger partial charge in [0.05, 0.1) is 6.54 Å². The summed E-state index contributed by atoms with van der Waals surface area (Å²) in [6.07, 6.45) is 1.05. The van der Waals surface area contributed by atoms with Crippen molar-refractivity contribution in [2.24, 2.45) is 0 Å². The lowest BCUT2D eigenvalue weighted by atomic mass is 9.95. The van der Waals surface area contributed by atoms with Crippen LogP contribution in [-0.2, 0) is 18.4 Å². The zero-order valence-corrected chi connectivity index (χ0v) is 12.8. The van der Waals surface area contributed by atoms with Crippen LogP contribution in [0.1, 0.15) is 44.0 Å². The van der Waals surface area contributed by atoms with Crippen LogP contribution >= 0.6 is 22.9 Å². The van der Waals surface area contributed by atoms with Crippen molar-refractivity contribution in [1.29, 1.82) is 0 Å². The van der Waals surface area contributed by atoms with Gasteiger partial charge in [0, 0.05) is 10.3 Å². The number of halogens is 1. The summed E-state index contributed by atoms with van der Waals surface area (Å²) in [5, 5.41) is 10.8. The Morgan fingerprint density at radius 3 is 2.67 bits per heavy atom. The predicted molar refractivity (Wildman–Crippen MR) is 76.5 cm³/mol. The summed E-state index contributed by atoms with van der Waals surface area (Å²) in [5.74, 6) is 0.933. The van der Waals surface area contributed by atoms with Crippen molar-refractivity contribution in [1.82, 2.24) is 14.8 Å². The lowest BCUT2D eigenvalue weighted by Gasteiger charge is -2.19. The van der Waals surface area contributed by atoms with Crippen LogP contribution in [0.2, 0.25) is 5.28 Å². The highest BCUT2D eigenvalue weighted by Crippen LogP contribution is 2.26. The molecular weight excluding hydrogens is 266 g/mol. The third kappa shape index (κ3) is 2.59. The molecule has 2 heterocycles. The zero-order chi connectivity index (χ0) is 13.3. The maximum atomic E-state index is 6.16. The molecule has 18 heavy (non-hydrogen) atoms. The maximum absolute atomic E-state index is 6.16. The molecule has 5 heteroatoms. The number of thiophene rings is 1. The number of aryl methyl sites for hydroxylation is 1. The van der Waals surface area contributed by atoms with E-state index in [2.05, 4.69) is 49.3 Å². The Bertz CT molecular complexity index is 537. The second kappa shape index (κ2) is 5.02. The highest BCUT2D eigenvalue weighted by Gasteiger charge is 2.23. The summed E-state index contributed by atoms with van der Waals surface area (Å²) in [4.78, 5) is 1.34. The molecule has 0 fully saturated rings. The van der Waals surface area contributed by atoms with Crippen LogP contribution in [0.3, 0.4) is 0 Å². The van der Waals surface area contributed by atoms with Gasteiger partial charge in [-0.05, 0) is 35.0 Å². The van der Waals surface area contributed by atoms with Gasteiger partial charge in [-0.15, -0.1) is 21.5 Å². The lowest BCUT2D eigenvalue weighted by Crippen LogP contribution is -2.19. The van der Waals surface area contributed by atoms with Crippen LogP contribution < -0.4 is 0 Å². The number of aromatic nitrogens is 3. The van der Waals surface area contributed by atoms with Gasteiger partial charge >= 0.3 is 0 Å². The Morgan fingerprint density at radius 2 is 2.06 bits per heavy atom. The molecule has 0 amide bonds. The van der Waals surface area contributed by atoms with Crippen molar-refractivity contribution in [3.05, 3.63) is 33.0 Å². The monoisotopic (exact) mass is 283 g/mol. The second-order valence-corrected chi connectivity index (χ2v) is 6.69. The largest absolute Gasteiger partial charge is 0.296 e. The van der Waals surface area contributed by atoms with E-state index in [4.69, 9.17) is 11.6 Å². The fourth-order valence-electron chi connectivity index (χ4n) is 1.94. The highest BCUT2D eigenvalue weighted by atomic mass is 35.5. The van der Waals surface area contributed by atoms with Crippen molar-refractivity contribution >= 4 is 22.9 Å². The minimum atomic E-state index is -0.0518. The van der Waals surface area contributed by atoms with E-state index in [9.17, 15) is 0 Å². The Hall–Kier alpha value is -0.870. The molecule has 98 valence electrons. The first-order chi connectivity index (χ1) is 8.43. The molecule has 2 aromatic heterocycles. The Balaban J connectivity index is 2.37. The van der Waals surface area contributed by atoms with E-state index in [0.717, 1.165) is 18.8 Å². The van der Waals surface area contributed by atoms with Gasteiger partial charge in [0.15, 0.2) is 0 Å². The summed E-state index contributed by atoms with van der Waals surface area (Å²) in [6.45, 7) is 9.31. The number of rotatable bonds is 3. The standard InChI is InChI=1S/C13H18ClN3S/c1-5-9-6-7-18-10(9)8-17-11(13(2,3)4)15-16-12(17)14/h6-7H,5,8H2,1-4H3. The van der Waals surface area contributed by atoms with Crippen LogP contribution in [0.25, 0.3) is 0 Å². The summed E-state index contributed by atoms with van der Waals surface area (Å²) in [5.41, 5.74) is 1.33. The Kier molecular flexibility index (Phi) is 3.78. The van der Waals surface area contributed by atoms with E-state index >= 15 is 0 Å². The van der Waals surface area contributed by atoms with Crippen molar-refractivity contribution in [3.63, 3.8) is 0 Å². The third-order valence-electron chi connectivity index (χ3n) is 2.90. The van der Waals surface area contributed by atoms with Crippen LogP contribution in [0.5, 0.6) is 0 Å². The van der Waals surface area contributed by atoms with Gasteiger partial charge in [-0.25, -0.2) is 0 Å². The predicted octanol–water partition coefficient (Wildman–Crippen LogP) is 3.90. The molecule has 0 atom stereocenters. The first-order valence-corrected chi connectivity index (χ1v) is 7.33. The van der Waals surface area contributed by atoms with Gasteiger partial charge in [-0.2, -0.15) is 0 Å². The Labute approximate surface area is 117 Å². The first-order valence-electron chi connectivity index (χ1n) is 6.08. The molecule has 0 aliphatic heterocycles. The molecular formula is C13H18ClN3S. The van der Waals surface area contributed by atoms with Crippen LogP contribution in [0.4, 0.5) is 0 Å². The minimum absolute atomic E-state index is 0.0518. The SMILES string of the molecule is CCc1ccsc1Cn1c(Cl)nnc1C(C)(C)C. The molecule has 0 N–H and O–H groups in total. The average Bonchev–Trinajstić information content (AvgIpc) is 2.86. The molecule has 3 nitrogen and oxygen atoms in total. The van der Waals surface area contributed by atoms with Gasteiger partial charge < -0.3 is 0 Å². The smallest absolute Gasteiger partial charge is 0.225 e. The lowest BCUT2D eigenvalue weighted by molar-refractivity contribution is 0.510. The van der Waals surface area contributed by atoms with Gasteiger partial charge in [-0.3, -0.25) is 4.57 Å². The topological polar surface area (TPSA) is 30.7 Å². The number of nitrogens with zero attached hydrogens (tertiary/aromatic N) is 3. The van der Waals surface area contributed by atoms with E-state index < -0.39 is 0 Å². The van der Waals surface area contributed by atoms with E-state index in [-0.39, 0.29) is 5.41 Å². The maximum Gasteiger partial charge on any atom is 0.225 e. The Morgan fingerprint density at radius 1 is 1.33 bits per heavy atom. The number of hydrogen-bond donors (Lipinski definition) is 0. The molecule has 0 spiro atoms. The van der Waals surface area contributed by atoms with Crippen molar-refractivity contribution in [2.75, 3.05) is 0 Å². The highest BCUT2D eigenvalue weighted by molar-refractivity contribution is 7.10. The normalized spacial score (nSPS) is 12.1. The van der Waals surface area contributed by atoms with Crippen molar-refractivity contribution in [3.8, 4) is 0 Å². The van der Waals surface area contributed by atoms with E-state index in [0.29, 0.717) is 5.28 Å². The summed E-state index contributed by atoms with van der Waals surface area (Å²) >= 11 is 7.92. The number of hydrogen-bond acceptors (Lipinski definition) is 3. The molecule has 2 rings (SSSR count). The molecule has 2 aromatic rings. The van der Waals surface area contributed by atoms with Crippen LogP contribution in [0.15, 0.2) is 11.4 Å². The fraction of sp³-hybridized carbons (Fsp3) is 0.538. The summed E-state index contributed by atoms with van der Waals surface area (Å²) in [7, 11) is 0. The molecule has 0 bridgehead atoms. The minimum Gasteiger partial charge on any atom is -0.296 e. The zero-order valence-electron chi connectivity index (χ0n) is 11.2. The van der Waals surface area contributed by atoms with Gasteiger partial charge in [0.1, 0.15) is 5.82 Å². The van der Waals surface area contributed by atoms with Crippen molar-refractivity contribution in [2.45, 2.75) is 46.1 Å². The molecule has 0 aliphatic carbocycles. The van der Waals surface area contributed by atoms with Crippen LogP contribution in [0, 0.1) is 0 Å². The molecule has 0 unspecified atom stereocenters. The van der Waals surface area contributed by atoms with E-state index in [1.807, 2.05) is 4.57 Å². The van der Waals surface area contributed by atoms with Gasteiger partial charge in [-0.1, -0.05) is 27.7 Å². The van der Waals surface area contributed by atoms with E-state index in [1.165, 1.54) is 10.4 Å². The quantitative estimate of drug-likeness (QED) is 0.855. The summed E-state index contributed by atoms with van der Waals surface area (Å²) < 4.78 is 2.01. The summed E-state index contributed by atoms with van der Waals surface area (Å²) in [6, 6.07) is 2.18. The average molecular weight is 284 g/mol. The molecule has 0 aromatic carbocycles. The van der Waals surface area contributed by atoms with Gasteiger partial charge in [0.2, 0.25) is 5.28 Å². The second-order valence-electron chi connectivity index (χ2n) is 5.35. The first kappa shape index (κ1) is 13.6. The van der Waals surface area contributed by atoms with Gasteiger partial charge in [0.25, 0.3) is 0 Å². The van der Waals surface area contributed by atoms with E-state index in [1.54, 1.807) is 11.3 Å². The molecule has 0 saturated heterocycles. The molecule has 0 aliphatic rings.